The Morgan fingerprint density at radius 3 is 3.25 bits per heavy atom. The van der Waals surface area contributed by atoms with Crippen molar-refractivity contribution in [1.29, 1.82) is 0 Å². The zero-order valence-electron chi connectivity index (χ0n) is 6.40. The lowest BCUT2D eigenvalue weighted by molar-refractivity contribution is -0.139. The van der Waals surface area contributed by atoms with E-state index < -0.39 is 11.9 Å². The van der Waals surface area contributed by atoms with Crippen LogP contribution in [0.25, 0.3) is 0 Å². The summed E-state index contributed by atoms with van der Waals surface area (Å²) in [4.78, 5) is 10.7. The minimum absolute atomic E-state index is 0.0971. The number of aliphatic carboxylic acids is 1. The molecule has 0 aliphatic carbocycles. The Kier molecular flexibility index (Phi) is 1.65. The van der Waals surface area contributed by atoms with Crippen molar-refractivity contribution in [2.45, 2.75) is 0 Å². The summed E-state index contributed by atoms with van der Waals surface area (Å²) in [5.41, 5.74) is 0.696. The van der Waals surface area contributed by atoms with E-state index >= 15 is 0 Å². The number of nitrogens with one attached hydrogen (secondary N) is 1. The molecule has 2 rings (SSSR count). The number of carboxylic acids is 1. The molecule has 0 aromatic rings. The van der Waals surface area contributed by atoms with E-state index in [-0.39, 0.29) is 5.92 Å². The molecule has 1 fully saturated rings. The van der Waals surface area contributed by atoms with Gasteiger partial charge in [0.05, 0.1) is 5.71 Å². The van der Waals surface area contributed by atoms with E-state index in [1.54, 1.807) is 6.21 Å². The third-order valence-corrected chi connectivity index (χ3v) is 2.17. The molecule has 2 heterocycles. The van der Waals surface area contributed by atoms with Gasteiger partial charge in [-0.1, -0.05) is 0 Å². The predicted molar refractivity (Wildman–Crippen MR) is 43.4 cm³/mol. The number of carboxylic acid groups (broad SMARTS) is 1. The van der Waals surface area contributed by atoms with Gasteiger partial charge in [0.2, 0.25) is 0 Å². The maximum Gasteiger partial charge on any atom is 0.313 e. The Morgan fingerprint density at radius 1 is 1.67 bits per heavy atom. The Balaban J connectivity index is 2.21. The minimum Gasteiger partial charge on any atom is -0.481 e. The average molecular weight is 167 g/mol. The molecule has 5 nitrogen and oxygen atoms in total. The molecule has 0 saturated carbocycles. The van der Waals surface area contributed by atoms with E-state index in [0.29, 0.717) is 12.3 Å². The minimum atomic E-state index is -0.823. The molecule has 0 bridgehead atoms. The Hall–Kier alpha value is -1.23. The Morgan fingerprint density at radius 2 is 2.50 bits per heavy atom. The summed E-state index contributed by atoms with van der Waals surface area (Å²) in [7, 11) is 0. The fourth-order valence-electron chi connectivity index (χ4n) is 1.52. The quantitative estimate of drug-likeness (QED) is 0.544. The van der Waals surface area contributed by atoms with Gasteiger partial charge in [-0.15, -0.1) is 0 Å². The number of hydrogen-bond acceptors (Lipinski definition) is 4. The lowest BCUT2D eigenvalue weighted by atomic mass is 9.89. The second kappa shape index (κ2) is 2.67. The van der Waals surface area contributed by atoms with Crippen molar-refractivity contribution in [2.24, 2.45) is 22.0 Å². The van der Waals surface area contributed by atoms with Crippen molar-refractivity contribution < 1.29 is 9.90 Å². The third kappa shape index (κ3) is 1.02. The fourth-order valence-corrected chi connectivity index (χ4v) is 1.52. The molecule has 0 radical (unpaired) electrons. The number of rotatable bonds is 1. The number of hydrogen-bond donors (Lipinski definition) is 2. The van der Waals surface area contributed by atoms with E-state index in [1.807, 2.05) is 0 Å². The highest BCUT2D eigenvalue weighted by Gasteiger charge is 2.34. The molecule has 0 aromatic carbocycles. The van der Waals surface area contributed by atoms with Crippen LogP contribution in [-0.4, -0.2) is 36.1 Å². The van der Waals surface area contributed by atoms with Crippen molar-refractivity contribution in [1.82, 2.24) is 5.32 Å². The molecule has 2 atom stereocenters. The van der Waals surface area contributed by atoms with Crippen LogP contribution in [0, 0.1) is 11.8 Å². The van der Waals surface area contributed by atoms with Crippen LogP contribution in [0.5, 0.6) is 0 Å². The van der Waals surface area contributed by atoms with Gasteiger partial charge in [-0.05, 0) is 0 Å². The predicted octanol–water partition coefficient (Wildman–Crippen LogP) is -0.653. The van der Waals surface area contributed by atoms with Gasteiger partial charge >= 0.3 is 5.97 Å². The number of carbonyl (C=O) groups is 1. The first-order valence-electron chi connectivity index (χ1n) is 3.83. The molecule has 12 heavy (non-hydrogen) atoms. The van der Waals surface area contributed by atoms with Crippen molar-refractivity contribution in [3.8, 4) is 0 Å². The summed E-state index contributed by atoms with van der Waals surface area (Å²) in [6, 6.07) is 0. The van der Waals surface area contributed by atoms with Crippen molar-refractivity contribution in [3.63, 3.8) is 0 Å². The SMILES string of the molecule is O=C(O)C1CNCC2C=NN=C21. The molecular formula is C7H9N3O2. The molecule has 2 unspecified atom stereocenters. The highest BCUT2D eigenvalue weighted by Crippen LogP contribution is 2.16. The van der Waals surface area contributed by atoms with Crippen LogP contribution in [0.3, 0.4) is 0 Å². The molecule has 1 saturated heterocycles. The topological polar surface area (TPSA) is 74.0 Å². The molecule has 5 heteroatoms. The van der Waals surface area contributed by atoms with Crippen LogP contribution in [0.4, 0.5) is 0 Å². The molecule has 2 aliphatic heterocycles. The first-order chi connectivity index (χ1) is 5.79. The number of nitrogens with zero attached hydrogens (tertiary/aromatic N) is 2. The highest BCUT2D eigenvalue weighted by molar-refractivity contribution is 6.11. The van der Waals surface area contributed by atoms with Crippen LogP contribution in [0.15, 0.2) is 10.2 Å². The van der Waals surface area contributed by atoms with Crippen LogP contribution >= 0.6 is 0 Å². The average Bonchev–Trinajstić information content (AvgIpc) is 2.49. The summed E-state index contributed by atoms with van der Waals surface area (Å²) in [6.45, 7) is 1.22. The zero-order chi connectivity index (χ0) is 8.55. The first kappa shape index (κ1) is 7.42. The highest BCUT2D eigenvalue weighted by atomic mass is 16.4. The van der Waals surface area contributed by atoms with E-state index in [2.05, 4.69) is 15.5 Å². The zero-order valence-corrected chi connectivity index (χ0v) is 6.40. The number of fused-ring (bicyclic) bond motifs is 1. The van der Waals surface area contributed by atoms with Gasteiger partial charge in [0.25, 0.3) is 0 Å². The van der Waals surface area contributed by atoms with Gasteiger partial charge in [-0.25, -0.2) is 0 Å². The van der Waals surface area contributed by atoms with Crippen molar-refractivity contribution >= 4 is 17.9 Å². The number of piperidine rings is 1. The van der Waals surface area contributed by atoms with E-state index in [0.717, 1.165) is 6.54 Å². The van der Waals surface area contributed by atoms with Crippen molar-refractivity contribution in [2.75, 3.05) is 13.1 Å². The molecule has 2 aliphatic rings. The van der Waals surface area contributed by atoms with Gasteiger partial charge in [-0.2, -0.15) is 10.2 Å². The summed E-state index contributed by atoms with van der Waals surface area (Å²) < 4.78 is 0. The maximum atomic E-state index is 10.7. The largest absolute Gasteiger partial charge is 0.481 e. The second-order valence-electron chi connectivity index (χ2n) is 2.94. The molecule has 0 aromatic heterocycles. The van der Waals surface area contributed by atoms with Crippen LogP contribution in [-0.2, 0) is 4.79 Å². The van der Waals surface area contributed by atoms with E-state index in [4.69, 9.17) is 5.11 Å². The van der Waals surface area contributed by atoms with Crippen LogP contribution in [0.2, 0.25) is 0 Å². The molecule has 0 amide bonds. The van der Waals surface area contributed by atoms with Gasteiger partial charge < -0.3 is 10.4 Å². The summed E-state index contributed by atoms with van der Waals surface area (Å²) in [5, 5.41) is 19.4. The summed E-state index contributed by atoms with van der Waals surface area (Å²) in [5.74, 6) is -1.22. The van der Waals surface area contributed by atoms with Gasteiger partial charge in [-0.3, -0.25) is 4.79 Å². The lowest BCUT2D eigenvalue weighted by Gasteiger charge is -2.23. The molecule has 2 N–H and O–H groups in total. The van der Waals surface area contributed by atoms with E-state index in [1.165, 1.54) is 0 Å². The fraction of sp³-hybridized carbons (Fsp3) is 0.571. The summed E-state index contributed by atoms with van der Waals surface area (Å²) in [6.07, 6.45) is 1.69. The van der Waals surface area contributed by atoms with Gasteiger partial charge in [0.15, 0.2) is 0 Å². The third-order valence-electron chi connectivity index (χ3n) is 2.17. The normalized spacial score (nSPS) is 32.8. The maximum absolute atomic E-state index is 10.7. The van der Waals surface area contributed by atoms with Crippen LogP contribution in [0.1, 0.15) is 0 Å². The first-order valence-corrected chi connectivity index (χ1v) is 3.83. The van der Waals surface area contributed by atoms with Gasteiger partial charge in [0.1, 0.15) is 5.92 Å². The monoisotopic (exact) mass is 167 g/mol. The van der Waals surface area contributed by atoms with E-state index in [9.17, 15) is 4.79 Å². The van der Waals surface area contributed by atoms with Crippen molar-refractivity contribution in [3.05, 3.63) is 0 Å². The lowest BCUT2D eigenvalue weighted by Crippen LogP contribution is -2.46. The molecule has 0 spiro atoms. The van der Waals surface area contributed by atoms with Crippen LogP contribution < -0.4 is 5.32 Å². The van der Waals surface area contributed by atoms with Gasteiger partial charge in [0, 0.05) is 25.2 Å². The molecule has 64 valence electrons. The molecular weight excluding hydrogens is 158 g/mol. The Bertz CT molecular complexity index is 272. The smallest absolute Gasteiger partial charge is 0.313 e. The summed E-state index contributed by atoms with van der Waals surface area (Å²) >= 11 is 0. The second-order valence-corrected chi connectivity index (χ2v) is 2.94. The standard InChI is InChI=1S/C7H9N3O2/c11-7(12)5-3-8-1-4-2-9-10-6(4)5/h2,4-5,8H,1,3H2,(H,11,12). The Labute approximate surface area is 69.2 Å².